The van der Waals surface area contributed by atoms with Crippen LogP contribution in [0.2, 0.25) is 0 Å². The summed E-state index contributed by atoms with van der Waals surface area (Å²) in [5.41, 5.74) is 2.22. The van der Waals surface area contributed by atoms with E-state index in [1.807, 2.05) is 36.6 Å². The fourth-order valence-corrected chi connectivity index (χ4v) is 4.98. The molecular weight excluding hydrogens is 474 g/mol. The molecule has 2 aromatic heterocycles. The zero-order valence-corrected chi connectivity index (χ0v) is 19.4. The lowest BCUT2D eigenvalue weighted by atomic mass is 10.1. The number of thiazole rings is 1. The molecule has 0 spiro atoms. The Hall–Kier alpha value is -4.09. The summed E-state index contributed by atoms with van der Waals surface area (Å²) in [6, 6.07) is 15.8. The minimum atomic E-state index is -0.457. The quantitative estimate of drug-likeness (QED) is 0.242. The van der Waals surface area contributed by atoms with E-state index in [0.29, 0.717) is 16.2 Å². The molecule has 9 nitrogen and oxygen atoms in total. The number of nitrogens with one attached hydrogen (secondary N) is 1. The minimum absolute atomic E-state index is 0.0196. The highest BCUT2D eigenvalue weighted by Crippen LogP contribution is 2.33. The first-order chi connectivity index (χ1) is 16.5. The number of anilines is 1. The number of aryl methyl sites for hydroxylation is 1. The zero-order chi connectivity index (χ0) is 23.7. The Bertz CT molecular complexity index is 1520. The lowest BCUT2D eigenvalue weighted by molar-refractivity contribution is -0.384. The maximum absolute atomic E-state index is 11.8. The number of rotatable bonds is 5. The highest BCUT2D eigenvalue weighted by atomic mass is 32.1. The fraction of sp³-hybridized carbons (Fsp3) is 0.0870. The first-order valence-electron chi connectivity index (χ1n) is 10.1. The third-order valence-electron chi connectivity index (χ3n) is 4.95. The van der Waals surface area contributed by atoms with Crippen LogP contribution < -0.4 is 14.9 Å². The number of ether oxygens (including phenoxy) is 1. The molecule has 4 aromatic rings. The molecule has 0 saturated carbocycles. The monoisotopic (exact) mass is 491 g/mol. The van der Waals surface area contributed by atoms with Gasteiger partial charge in [-0.15, -0.1) is 22.7 Å². The number of benzene rings is 2. The van der Waals surface area contributed by atoms with Crippen LogP contribution in [-0.2, 0) is 4.79 Å². The van der Waals surface area contributed by atoms with Gasteiger partial charge < -0.3 is 10.1 Å². The summed E-state index contributed by atoms with van der Waals surface area (Å²) in [6.45, 7) is 2.00. The smallest absolute Gasteiger partial charge is 0.294 e. The van der Waals surface area contributed by atoms with Gasteiger partial charge in [0, 0.05) is 26.8 Å². The van der Waals surface area contributed by atoms with Crippen LogP contribution in [-0.4, -0.2) is 28.3 Å². The molecule has 0 saturated heterocycles. The van der Waals surface area contributed by atoms with Crippen molar-refractivity contribution in [3.8, 4) is 17.0 Å². The van der Waals surface area contributed by atoms with Gasteiger partial charge >= 0.3 is 0 Å². The number of carbonyl (C=O) groups is 1. The molecule has 0 aliphatic carbocycles. The van der Waals surface area contributed by atoms with Gasteiger partial charge in [0.15, 0.2) is 6.61 Å². The number of nitro groups is 1. The number of hydrogen-bond acceptors (Lipinski definition) is 8. The SMILES string of the molecule is Cc1ccc(C=Nn2c(-c3ccc4c(c3)NC(=O)CO4)csc2=Nc2ccccc2[N+](=O)[O-])s1. The fourth-order valence-electron chi connectivity index (χ4n) is 3.38. The van der Waals surface area contributed by atoms with Gasteiger partial charge in [-0.1, -0.05) is 12.1 Å². The van der Waals surface area contributed by atoms with E-state index in [1.54, 1.807) is 46.5 Å². The van der Waals surface area contributed by atoms with Crippen molar-refractivity contribution in [1.82, 2.24) is 4.68 Å². The Balaban J connectivity index is 1.66. The molecule has 0 atom stereocenters. The Kier molecular flexibility index (Phi) is 5.78. The average Bonchev–Trinajstić information content (AvgIpc) is 3.43. The summed E-state index contributed by atoms with van der Waals surface area (Å²) in [6.07, 6.45) is 1.73. The number of para-hydroxylation sites is 2. The van der Waals surface area contributed by atoms with Crippen molar-refractivity contribution in [2.75, 3.05) is 11.9 Å². The molecule has 1 aliphatic rings. The van der Waals surface area contributed by atoms with Gasteiger partial charge in [-0.2, -0.15) is 5.10 Å². The highest BCUT2D eigenvalue weighted by molar-refractivity contribution is 7.13. The molecule has 34 heavy (non-hydrogen) atoms. The van der Waals surface area contributed by atoms with E-state index in [4.69, 9.17) is 4.74 Å². The molecule has 11 heteroatoms. The van der Waals surface area contributed by atoms with Gasteiger partial charge in [0.1, 0.15) is 11.4 Å². The van der Waals surface area contributed by atoms with Gasteiger partial charge in [-0.3, -0.25) is 14.9 Å². The molecule has 0 fully saturated rings. The van der Waals surface area contributed by atoms with Gasteiger partial charge in [0.2, 0.25) is 4.80 Å². The van der Waals surface area contributed by atoms with E-state index < -0.39 is 4.92 Å². The lowest BCUT2D eigenvalue weighted by Gasteiger charge is -2.18. The number of aromatic nitrogens is 1. The Morgan fingerprint density at radius 2 is 2.06 bits per heavy atom. The van der Waals surface area contributed by atoms with Crippen molar-refractivity contribution in [1.29, 1.82) is 0 Å². The maximum Gasteiger partial charge on any atom is 0.294 e. The largest absolute Gasteiger partial charge is 0.482 e. The van der Waals surface area contributed by atoms with Crippen molar-refractivity contribution in [2.24, 2.45) is 10.1 Å². The topological polar surface area (TPSA) is 111 Å². The summed E-state index contributed by atoms with van der Waals surface area (Å²) >= 11 is 2.91. The number of fused-ring (bicyclic) bond motifs is 1. The first-order valence-corrected chi connectivity index (χ1v) is 11.8. The van der Waals surface area contributed by atoms with Crippen LogP contribution in [0, 0.1) is 17.0 Å². The van der Waals surface area contributed by atoms with Gasteiger partial charge in [-0.25, -0.2) is 9.67 Å². The third kappa shape index (κ3) is 4.38. The Labute approximate surface area is 201 Å². The van der Waals surface area contributed by atoms with Crippen LogP contribution in [0.3, 0.4) is 0 Å². The summed E-state index contributed by atoms with van der Waals surface area (Å²) < 4.78 is 7.10. The molecule has 0 radical (unpaired) electrons. The molecule has 0 unspecified atom stereocenters. The Morgan fingerprint density at radius 3 is 2.85 bits per heavy atom. The average molecular weight is 492 g/mol. The van der Waals surface area contributed by atoms with E-state index in [1.165, 1.54) is 17.4 Å². The number of nitro benzene ring substituents is 1. The van der Waals surface area contributed by atoms with Crippen molar-refractivity contribution >= 4 is 51.9 Å². The number of nitrogens with zero attached hydrogens (tertiary/aromatic N) is 4. The minimum Gasteiger partial charge on any atom is -0.482 e. The predicted octanol–water partition coefficient (Wildman–Crippen LogP) is 4.94. The van der Waals surface area contributed by atoms with Crippen molar-refractivity contribution in [3.63, 3.8) is 0 Å². The molecule has 1 aliphatic heterocycles. The molecule has 0 bridgehead atoms. The van der Waals surface area contributed by atoms with Crippen LogP contribution in [0.25, 0.3) is 11.3 Å². The van der Waals surface area contributed by atoms with Gasteiger partial charge in [0.05, 0.1) is 22.5 Å². The van der Waals surface area contributed by atoms with Crippen LogP contribution in [0.4, 0.5) is 17.1 Å². The van der Waals surface area contributed by atoms with E-state index in [0.717, 1.165) is 21.0 Å². The van der Waals surface area contributed by atoms with Crippen LogP contribution in [0.1, 0.15) is 9.75 Å². The number of thiophene rings is 1. The molecule has 5 rings (SSSR count). The summed E-state index contributed by atoms with van der Waals surface area (Å²) in [4.78, 5) is 29.9. The second kappa shape index (κ2) is 9.04. The second-order valence-electron chi connectivity index (χ2n) is 7.31. The number of hydrogen-bond donors (Lipinski definition) is 1. The van der Waals surface area contributed by atoms with E-state index in [9.17, 15) is 14.9 Å². The molecule has 1 N–H and O–H groups in total. The van der Waals surface area contributed by atoms with Gasteiger partial charge in [0.25, 0.3) is 11.6 Å². The van der Waals surface area contributed by atoms with Crippen LogP contribution in [0.15, 0.2) is 70.1 Å². The molecule has 1 amide bonds. The summed E-state index contributed by atoms with van der Waals surface area (Å²) in [5.74, 6) is 0.369. The van der Waals surface area contributed by atoms with Crippen molar-refractivity contribution in [3.05, 3.63) is 84.6 Å². The standard InChI is InChI=1S/C23H17N5O4S2/c1-14-6-8-16(34-14)11-24-27-20(15-7-9-21-18(10-15)25-22(29)12-32-21)13-33-23(27)26-17-4-2-3-5-19(17)28(30)31/h2-11,13H,12H2,1H3,(H,25,29). The lowest BCUT2D eigenvalue weighted by Crippen LogP contribution is -2.25. The van der Waals surface area contributed by atoms with Gasteiger partial charge in [-0.05, 0) is 43.3 Å². The molecule has 3 heterocycles. The zero-order valence-electron chi connectivity index (χ0n) is 17.8. The first kappa shape index (κ1) is 21.7. The van der Waals surface area contributed by atoms with Crippen molar-refractivity contribution in [2.45, 2.75) is 6.92 Å². The third-order valence-corrected chi connectivity index (χ3v) is 6.70. The maximum atomic E-state index is 11.8. The molecule has 170 valence electrons. The predicted molar refractivity (Wildman–Crippen MR) is 132 cm³/mol. The van der Waals surface area contributed by atoms with E-state index in [-0.39, 0.29) is 23.9 Å². The highest BCUT2D eigenvalue weighted by Gasteiger charge is 2.18. The van der Waals surface area contributed by atoms with Crippen LogP contribution >= 0.6 is 22.7 Å². The molecular formula is C23H17N5O4S2. The summed E-state index contributed by atoms with van der Waals surface area (Å²) in [5, 5.41) is 20.8. The normalized spacial score (nSPS) is 13.6. The second-order valence-corrected chi connectivity index (χ2v) is 9.47. The number of amides is 1. The molecule has 2 aromatic carbocycles. The summed E-state index contributed by atoms with van der Waals surface area (Å²) in [7, 11) is 0. The number of carbonyl (C=O) groups excluding carboxylic acids is 1. The van der Waals surface area contributed by atoms with Crippen LogP contribution in [0.5, 0.6) is 5.75 Å². The van der Waals surface area contributed by atoms with E-state index >= 15 is 0 Å². The van der Waals surface area contributed by atoms with E-state index in [2.05, 4.69) is 15.4 Å². The van der Waals surface area contributed by atoms with Crippen molar-refractivity contribution < 1.29 is 14.5 Å². The Morgan fingerprint density at radius 1 is 1.21 bits per heavy atom.